The minimum atomic E-state index is -0.755. The van der Waals surface area contributed by atoms with Crippen molar-refractivity contribution in [3.8, 4) is 11.5 Å². The molecular formula is C13H14O4. The average Bonchev–Trinajstić information content (AvgIpc) is 2.92. The first-order valence-electron chi connectivity index (χ1n) is 5.90. The van der Waals surface area contributed by atoms with Crippen LogP contribution in [-0.2, 0) is 24.1 Å². The van der Waals surface area contributed by atoms with Crippen molar-refractivity contribution in [3.63, 3.8) is 0 Å². The van der Waals surface area contributed by atoms with E-state index >= 15 is 0 Å². The lowest BCUT2D eigenvalue weighted by Crippen LogP contribution is -2.00. The fourth-order valence-corrected chi connectivity index (χ4v) is 2.55. The molecule has 0 atom stereocenters. The maximum Gasteiger partial charge on any atom is 0.303 e. The molecule has 1 aromatic rings. The number of aliphatic carboxylic acids is 1. The Bertz CT molecular complexity index is 479. The lowest BCUT2D eigenvalue weighted by Gasteiger charge is -2.10. The summed E-state index contributed by atoms with van der Waals surface area (Å²) < 4.78 is 11.2. The first-order valence-corrected chi connectivity index (χ1v) is 5.90. The van der Waals surface area contributed by atoms with Crippen molar-refractivity contribution < 1.29 is 19.4 Å². The third-order valence-electron chi connectivity index (χ3n) is 3.33. The van der Waals surface area contributed by atoms with Crippen molar-refractivity contribution in [2.75, 3.05) is 13.2 Å². The predicted molar refractivity (Wildman–Crippen MR) is 60.8 cm³/mol. The molecule has 4 nitrogen and oxygen atoms in total. The summed E-state index contributed by atoms with van der Waals surface area (Å²) in [4.78, 5) is 10.7. The Hall–Kier alpha value is -1.71. The number of aryl methyl sites for hydroxylation is 1. The van der Waals surface area contributed by atoms with Crippen LogP contribution in [0.1, 0.15) is 23.1 Å². The number of carbonyl (C=O) groups is 1. The van der Waals surface area contributed by atoms with E-state index in [0.29, 0.717) is 19.6 Å². The van der Waals surface area contributed by atoms with Gasteiger partial charge in [-0.2, -0.15) is 0 Å². The van der Waals surface area contributed by atoms with Crippen LogP contribution < -0.4 is 9.47 Å². The van der Waals surface area contributed by atoms with Gasteiger partial charge in [0.25, 0.3) is 0 Å². The summed E-state index contributed by atoms with van der Waals surface area (Å²) in [6, 6.07) is 2.10. The smallest absolute Gasteiger partial charge is 0.303 e. The number of carboxylic acids is 1. The lowest BCUT2D eigenvalue weighted by molar-refractivity contribution is -0.136. The van der Waals surface area contributed by atoms with Crippen LogP contribution in [0.4, 0.5) is 0 Å². The molecule has 2 aliphatic heterocycles. The van der Waals surface area contributed by atoms with E-state index in [1.54, 1.807) is 0 Å². The molecular weight excluding hydrogens is 220 g/mol. The standard InChI is InChI=1S/C13H14O4/c14-11(15)2-1-8-7-9-3-5-16-12(9)13-10(8)4-6-17-13/h7H,1-6H2,(H,14,15). The predicted octanol–water partition coefficient (Wildman–Crippen LogP) is 1.57. The van der Waals surface area contributed by atoms with E-state index in [-0.39, 0.29) is 6.42 Å². The maximum atomic E-state index is 10.7. The van der Waals surface area contributed by atoms with E-state index in [0.717, 1.165) is 41.0 Å². The molecule has 0 unspecified atom stereocenters. The highest BCUT2D eigenvalue weighted by Gasteiger charge is 2.27. The van der Waals surface area contributed by atoms with Crippen LogP contribution in [-0.4, -0.2) is 24.3 Å². The molecule has 2 aliphatic rings. The zero-order chi connectivity index (χ0) is 11.8. The van der Waals surface area contributed by atoms with Crippen LogP contribution in [0.3, 0.4) is 0 Å². The van der Waals surface area contributed by atoms with Crippen LogP contribution in [0.5, 0.6) is 11.5 Å². The normalized spacial score (nSPS) is 16.0. The fraction of sp³-hybridized carbons (Fsp3) is 0.462. The molecule has 1 aromatic carbocycles. The topological polar surface area (TPSA) is 55.8 Å². The van der Waals surface area contributed by atoms with Gasteiger partial charge < -0.3 is 14.6 Å². The van der Waals surface area contributed by atoms with Gasteiger partial charge in [0.15, 0.2) is 11.5 Å². The number of hydrogen-bond acceptors (Lipinski definition) is 3. The Morgan fingerprint density at radius 3 is 2.82 bits per heavy atom. The third-order valence-corrected chi connectivity index (χ3v) is 3.33. The molecule has 0 radical (unpaired) electrons. The van der Waals surface area contributed by atoms with E-state index < -0.39 is 5.97 Å². The van der Waals surface area contributed by atoms with E-state index in [1.165, 1.54) is 0 Å². The number of rotatable bonds is 3. The van der Waals surface area contributed by atoms with Gasteiger partial charge in [0.05, 0.1) is 13.2 Å². The van der Waals surface area contributed by atoms with Crippen molar-refractivity contribution in [1.82, 2.24) is 0 Å². The van der Waals surface area contributed by atoms with Crippen LogP contribution in [0.25, 0.3) is 0 Å². The number of fused-ring (bicyclic) bond motifs is 3. The second-order valence-corrected chi connectivity index (χ2v) is 4.42. The highest BCUT2D eigenvalue weighted by molar-refractivity contribution is 5.68. The van der Waals surface area contributed by atoms with Gasteiger partial charge in [-0.15, -0.1) is 0 Å². The van der Waals surface area contributed by atoms with E-state index in [2.05, 4.69) is 6.07 Å². The number of hydrogen-bond donors (Lipinski definition) is 1. The van der Waals surface area contributed by atoms with Crippen molar-refractivity contribution in [1.29, 1.82) is 0 Å². The maximum absolute atomic E-state index is 10.7. The largest absolute Gasteiger partial charge is 0.489 e. The van der Waals surface area contributed by atoms with Crippen LogP contribution in [0, 0.1) is 0 Å². The molecule has 0 saturated carbocycles. The molecule has 3 rings (SSSR count). The van der Waals surface area contributed by atoms with Gasteiger partial charge in [-0.3, -0.25) is 4.79 Å². The van der Waals surface area contributed by atoms with Crippen LogP contribution in [0.15, 0.2) is 6.07 Å². The van der Waals surface area contributed by atoms with Gasteiger partial charge in [0.1, 0.15) is 0 Å². The second-order valence-electron chi connectivity index (χ2n) is 4.42. The average molecular weight is 234 g/mol. The molecule has 2 heterocycles. The zero-order valence-corrected chi connectivity index (χ0v) is 9.49. The molecule has 4 heteroatoms. The number of benzene rings is 1. The first-order chi connectivity index (χ1) is 8.25. The summed E-state index contributed by atoms with van der Waals surface area (Å²) in [7, 11) is 0. The van der Waals surface area contributed by atoms with Gasteiger partial charge in [0, 0.05) is 30.4 Å². The number of ether oxygens (including phenoxy) is 2. The van der Waals surface area contributed by atoms with Gasteiger partial charge in [-0.25, -0.2) is 0 Å². The Labute approximate surface area is 99.2 Å². The molecule has 1 N–H and O–H groups in total. The van der Waals surface area contributed by atoms with Crippen LogP contribution in [0.2, 0.25) is 0 Å². The minimum absolute atomic E-state index is 0.173. The molecule has 0 bridgehead atoms. The van der Waals surface area contributed by atoms with E-state index in [9.17, 15) is 4.79 Å². The number of carboxylic acid groups (broad SMARTS) is 1. The minimum Gasteiger partial charge on any atom is -0.489 e. The second kappa shape index (κ2) is 3.95. The Kier molecular flexibility index (Phi) is 2.42. The highest BCUT2D eigenvalue weighted by atomic mass is 16.5. The highest BCUT2D eigenvalue weighted by Crippen LogP contribution is 2.43. The summed E-state index contributed by atoms with van der Waals surface area (Å²) in [6.45, 7) is 1.38. The van der Waals surface area contributed by atoms with Crippen molar-refractivity contribution in [2.45, 2.75) is 25.7 Å². The van der Waals surface area contributed by atoms with E-state index in [4.69, 9.17) is 14.6 Å². The SMILES string of the molecule is O=C(O)CCc1cc2c(c3c1CCO3)OCC2. The first kappa shape index (κ1) is 10.4. The quantitative estimate of drug-likeness (QED) is 0.862. The summed E-state index contributed by atoms with van der Waals surface area (Å²) in [6.07, 6.45) is 2.51. The van der Waals surface area contributed by atoms with Crippen molar-refractivity contribution in [3.05, 3.63) is 22.8 Å². The summed E-state index contributed by atoms with van der Waals surface area (Å²) in [5, 5.41) is 8.76. The summed E-state index contributed by atoms with van der Waals surface area (Å²) in [5.74, 6) is 0.992. The fourth-order valence-electron chi connectivity index (χ4n) is 2.55. The molecule has 90 valence electrons. The molecule has 17 heavy (non-hydrogen) atoms. The van der Waals surface area contributed by atoms with Gasteiger partial charge in [0.2, 0.25) is 0 Å². The molecule has 0 aromatic heterocycles. The van der Waals surface area contributed by atoms with Crippen molar-refractivity contribution >= 4 is 5.97 Å². The monoisotopic (exact) mass is 234 g/mol. The lowest BCUT2D eigenvalue weighted by atomic mass is 9.97. The van der Waals surface area contributed by atoms with Gasteiger partial charge in [-0.1, -0.05) is 6.07 Å². The molecule has 0 fully saturated rings. The van der Waals surface area contributed by atoms with Crippen molar-refractivity contribution in [2.24, 2.45) is 0 Å². The Morgan fingerprint density at radius 2 is 2.00 bits per heavy atom. The van der Waals surface area contributed by atoms with E-state index in [1.807, 2.05) is 0 Å². The van der Waals surface area contributed by atoms with Gasteiger partial charge >= 0.3 is 5.97 Å². The Balaban J connectivity index is 1.99. The molecule has 0 aliphatic carbocycles. The summed E-state index contributed by atoms with van der Waals surface area (Å²) >= 11 is 0. The summed E-state index contributed by atoms with van der Waals surface area (Å²) in [5.41, 5.74) is 3.42. The Morgan fingerprint density at radius 1 is 1.24 bits per heavy atom. The third kappa shape index (κ3) is 1.73. The zero-order valence-electron chi connectivity index (χ0n) is 9.49. The molecule has 0 spiro atoms. The molecule has 0 amide bonds. The molecule has 0 saturated heterocycles. The van der Waals surface area contributed by atoms with Gasteiger partial charge in [-0.05, 0) is 12.0 Å². The van der Waals surface area contributed by atoms with Crippen LogP contribution >= 0.6 is 0 Å².